The van der Waals surface area contributed by atoms with Crippen LogP contribution in [0.5, 0.6) is 0 Å². The minimum atomic E-state index is -3.47. The van der Waals surface area contributed by atoms with E-state index in [0.717, 1.165) is 24.3 Å². The van der Waals surface area contributed by atoms with Gasteiger partial charge in [-0.1, -0.05) is 31.9 Å². The summed E-state index contributed by atoms with van der Waals surface area (Å²) in [5.41, 5.74) is 1.41. The van der Waals surface area contributed by atoms with Gasteiger partial charge >= 0.3 is 0 Å². The summed E-state index contributed by atoms with van der Waals surface area (Å²) < 4.78 is 27.4. The molecule has 1 aromatic carbocycles. The number of hydrogen-bond donors (Lipinski definition) is 2. The molecule has 1 aliphatic carbocycles. The lowest BCUT2D eigenvalue weighted by molar-refractivity contribution is 0.281. The summed E-state index contributed by atoms with van der Waals surface area (Å²) >= 11 is 0. The number of aryl methyl sites for hydroxylation is 1. The first kappa shape index (κ1) is 15.5. The van der Waals surface area contributed by atoms with Gasteiger partial charge in [-0.3, -0.25) is 0 Å². The zero-order valence-electron chi connectivity index (χ0n) is 11.9. The number of hydrogen-bond acceptors (Lipinski definition) is 3. The molecule has 0 saturated heterocycles. The molecule has 1 aliphatic rings. The van der Waals surface area contributed by atoms with E-state index in [1.165, 1.54) is 12.8 Å². The Morgan fingerprint density at radius 3 is 2.70 bits per heavy atom. The lowest BCUT2D eigenvalue weighted by atomic mass is 10.1. The van der Waals surface area contributed by atoms with Crippen molar-refractivity contribution in [3.63, 3.8) is 0 Å². The minimum absolute atomic E-state index is 0.145. The van der Waals surface area contributed by atoms with Crippen LogP contribution in [0.4, 0.5) is 0 Å². The van der Waals surface area contributed by atoms with Gasteiger partial charge < -0.3 is 5.11 Å². The van der Waals surface area contributed by atoms with Gasteiger partial charge in [0.2, 0.25) is 10.0 Å². The van der Waals surface area contributed by atoms with Crippen molar-refractivity contribution in [3.05, 3.63) is 29.3 Å². The highest BCUT2D eigenvalue weighted by Gasteiger charge is 2.21. The summed E-state index contributed by atoms with van der Waals surface area (Å²) in [6.45, 7) is 2.28. The third-order valence-corrected chi connectivity index (χ3v) is 5.31. The van der Waals surface area contributed by atoms with Gasteiger partial charge in [0.25, 0.3) is 0 Å². The van der Waals surface area contributed by atoms with Crippen LogP contribution in [0.15, 0.2) is 23.1 Å². The Hall–Kier alpha value is -0.910. The van der Waals surface area contributed by atoms with Crippen molar-refractivity contribution in [1.29, 1.82) is 0 Å². The van der Waals surface area contributed by atoms with Crippen LogP contribution in [0.2, 0.25) is 0 Å². The number of benzene rings is 1. The smallest absolute Gasteiger partial charge is 0.240 e. The molecule has 1 aromatic rings. The molecule has 0 amide bonds. The maximum absolute atomic E-state index is 12.3. The molecule has 0 aliphatic heterocycles. The second-order valence-corrected chi connectivity index (χ2v) is 7.17. The predicted molar refractivity (Wildman–Crippen MR) is 78.9 cm³/mol. The summed E-state index contributed by atoms with van der Waals surface area (Å²) in [6.07, 6.45) is 5.26. The molecule has 1 saturated carbocycles. The van der Waals surface area contributed by atoms with Crippen molar-refractivity contribution in [3.8, 4) is 0 Å². The van der Waals surface area contributed by atoms with Gasteiger partial charge in [0.05, 0.1) is 11.5 Å². The monoisotopic (exact) mass is 297 g/mol. The van der Waals surface area contributed by atoms with Crippen LogP contribution in [0, 0.1) is 5.92 Å². The molecule has 5 heteroatoms. The lowest BCUT2D eigenvalue weighted by Gasteiger charge is -2.12. The fourth-order valence-electron chi connectivity index (χ4n) is 2.32. The largest absolute Gasteiger partial charge is 0.392 e. The fourth-order valence-corrected chi connectivity index (χ4v) is 3.75. The van der Waals surface area contributed by atoms with Gasteiger partial charge in [-0.25, -0.2) is 13.1 Å². The summed E-state index contributed by atoms with van der Waals surface area (Å²) in [4.78, 5) is 0.304. The molecule has 2 rings (SSSR count). The number of aliphatic hydroxyl groups excluding tert-OH is 1. The molecule has 112 valence electrons. The van der Waals surface area contributed by atoms with Crippen LogP contribution in [-0.4, -0.2) is 20.1 Å². The second-order valence-electron chi connectivity index (χ2n) is 5.44. The molecule has 0 atom stereocenters. The van der Waals surface area contributed by atoms with Crippen LogP contribution in [0.1, 0.15) is 43.7 Å². The molecule has 0 bridgehead atoms. The molecule has 0 unspecified atom stereocenters. The number of sulfonamides is 1. The molecule has 0 radical (unpaired) electrons. The van der Waals surface area contributed by atoms with Crippen LogP contribution in [-0.2, 0) is 23.1 Å². The first-order valence-electron chi connectivity index (χ1n) is 7.29. The van der Waals surface area contributed by atoms with Crippen molar-refractivity contribution < 1.29 is 13.5 Å². The normalized spacial score (nSPS) is 15.5. The summed E-state index contributed by atoms with van der Waals surface area (Å²) in [6, 6.07) is 5.12. The standard InChI is InChI=1S/C15H23NO3S/c1-2-14-8-7-13(11-17)10-15(14)20(18,19)16-9-3-4-12-5-6-12/h7-8,10,12,16-17H,2-6,9,11H2,1H3. The lowest BCUT2D eigenvalue weighted by Crippen LogP contribution is -2.26. The van der Waals surface area contributed by atoms with E-state index in [1.54, 1.807) is 18.2 Å². The van der Waals surface area contributed by atoms with Crippen LogP contribution in [0.3, 0.4) is 0 Å². The average molecular weight is 297 g/mol. The molecule has 20 heavy (non-hydrogen) atoms. The molecular formula is C15H23NO3S. The van der Waals surface area contributed by atoms with Gasteiger partial charge in [-0.05, 0) is 42.4 Å². The Bertz CT molecular complexity index is 550. The third-order valence-electron chi connectivity index (χ3n) is 3.76. The van der Waals surface area contributed by atoms with Gasteiger partial charge in [0.1, 0.15) is 0 Å². The van der Waals surface area contributed by atoms with Crippen molar-refractivity contribution in [1.82, 2.24) is 4.72 Å². The summed E-state index contributed by atoms with van der Waals surface area (Å²) in [7, 11) is -3.47. The molecule has 0 heterocycles. The predicted octanol–water partition coefficient (Wildman–Crippen LogP) is 2.21. The maximum Gasteiger partial charge on any atom is 0.240 e. The minimum Gasteiger partial charge on any atom is -0.392 e. The van der Waals surface area contributed by atoms with Gasteiger partial charge in [0.15, 0.2) is 0 Å². The highest BCUT2D eigenvalue weighted by molar-refractivity contribution is 7.89. The van der Waals surface area contributed by atoms with E-state index in [-0.39, 0.29) is 6.61 Å². The second kappa shape index (κ2) is 6.70. The average Bonchev–Trinajstić information content (AvgIpc) is 3.27. The van der Waals surface area contributed by atoms with Gasteiger partial charge in [-0.15, -0.1) is 0 Å². The van der Waals surface area contributed by atoms with Crippen molar-refractivity contribution in [2.24, 2.45) is 5.92 Å². The van der Waals surface area contributed by atoms with E-state index in [2.05, 4.69) is 4.72 Å². The van der Waals surface area contributed by atoms with E-state index < -0.39 is 10.0 Å². The molecule has 2 N–H and O–H groups in total. The Balaban J connectivity index is 2.05. The number of rotatable bonds is 8. The first-order valence-corrected chi connectivity index (χ1v) is 8.77. The van der Waals surface area contributed by atoms with E-state index in [4.69, 9.17) is 5.11 Å². The molecule has 4 nitrogen and oxygen atoms in total. The molecule has 0 aromatic heterocycles. The van der Waals surface area contributed by atoms with Crippen molar-refractivity contribution >= 4 is 10.0 Å². The van der Waals surface area contributed by atoms with Crippen molar-refractivity contribution in [2.45, 2.75) is 50.5 Å². The highest BCUT2D eigenvalue weighted by Crippen LogP contribution is 2.33. The molecule has 0 spiro atoms. The van der Waals surface area contributed by atoms with Crippen molar-refractivity contribution in [2.75, 3.05) is 6.54 Å². The van der Waals surface area contributed by atoms with E-state index in [0.29, 0.717) is 23.4 Å². The Kier molecular flexibility index (Phi) is 5.18. The van der Waals surface area contributed by atoms with Crippen LogP contribution >= 0.6 is 0 Å². The highest BCUT2D eigenvalue weighted by atomic mass is 32.2. The first-order chi connectivity index (χ1) is 9.56. The third kappa shape index (κ3) is 4.04. The zero-order valence-corrected chi connectivity index (χ0v) is 12.7. The van der Waals surface area contributed by atoms with Crippen LogP contribution < -0.4 is 4.72 Å². The molecule has 1 fully saturated rings. The quantitative estimate of drug-likeness (QED) is 0.723. The Morgan fingerprint density at radius 1 is 1.35 bits per heavy atom. The van der Waals surface area contributed by atoms with Crippen LogP contribution in [0.25, 0.3) is 0 Å². The zero-order chi connectivity index (χ0) is 14.6. The van der Waals surface area contributed by atoms with E-state index >= 15 is 0 Å². The molecular weight excluding hydrogens is 274 g/mol. The van der Waals surface area contributed by atoms with E-state index in [1.807, 2.05) is 6.92 Å². The summed E-state index contributed by atoms with van der Waals surface area (Å²) in [5, 5.41) is 9.16. The number of aliphatic hydroxyl groups is 1. The van der Waals surface area contributed by atoms with E-state index in [9.17, 15) is 8.42 Å². The summed E-state index contributed by atoms with van der Waals surface area (Å²) in [5.74, 6) is 0.823. The maximum atomic E-state index is 12.3. The Morgan fingerprint density at radius 2 is 2.10 bits per heavy atom. The number of nitrogens with one attached hydrogen (secondary N) is 1. The Labute approximate surface area is 121 Å². The van der Waals surface area contributed by atoms with Gasteiger partial charge in [-0.2, -0.15) is 0 Å². The fraction of sp³-hybridized carbons (Fsp3) is 0.600. The van der Waals surface area contributed by atoms with Gasteiger partial charge in [0, 0.05) is 6.54 Å². The SMILES string of the molecule is CCc1ccc(CO)cc1S(=O)(=O)NCCCC1CC1. The topological polar surface area (TPSA) is 66.4 Å².